The van der Waals surface area contributed by atoms with Crippen molar-refractivity contribution in [2.45, 2.75) is 168 Å². The van der Waals surface area contributed by atoms with Crippen LogP contribution in [0.4, 0.5) is 34.1 Å². The minimum Gasteiger partial charge on any atom is -0.311 e. The van der Waals surface area contributed by atoms with Crippen molar-refractivity contribution in [1.82, 2.24) is 0 Å². The second-order valence-corrected chi connectivity index (χ2v) is 25.4. The van der Waals surface area contributed by atoms with E-state index in [2.05, 4.69) is 197 Å². The van der Waals surface area contributed by atoms with Gasteiger partial charge in [0.2, 0.25) is 0 Å². The van der Waals surface area contributed by atoms with Crippen LogP contribution in [0.25, 0.3) is 10.1 Å². The Bertz CT molecular complexity index is 2900. The fraction of sp³-hybridized carbons (Fsp3) is 0.448. The summed E-state index contributed by atoms with van der Waals surface area (Å²) in [5, 5.41) is 1.41. The van der Waals surface area contributed by atoms with Crippen LogP contribution in [-0.2, 0) is 32.5 Å². The van der Waals surface area contributed by atoms with E-state index in [0.29, 0.717) is 0 Å². The van der Waals surface area contributed by atoms with Crippen LogP contribution < -0.4 is 25.5 Å². The van der Waals surface area contributed by atoms with Gasteiger partial charge in [0.15, 0.2) is 0 Å². The zero-order valence-electron chi connectivity index (χ0n) is 40.1. The smallest absolute Gasteiger partial charge is 0.264 e. The van der Waals surface area contributed by atoms with Gasteiger partial charge in [-0.05, 0) is 189 Å². The topological polar surface area (TPSA) is 6.48 Å². The summed E-state index contributed by atoms with van der Waals surface area (Å²) in [6.45, 7) is 34.4. The maximum atomic E-state index is 2.72. The van der Waals surface area contributed by atoms with Gasteiger partial charge in [-0.25, -0.2) is 0 Å². The van der Waals surface area contributed by atoms with Crippen molar-refractivity contribution in [2.24, 2.45) is 0 Å². The summed E-state index contributed by atoms with van der Waals surface area (Å²) in [4.78, 5) is 5.39. The Morgan fingerprint density at radius 3 is 1.48 bits per heavy atom. The van der Waals surface area contributed by atoms with Crippen LogP contribution >= 0.6 is 11.3 Å². The van der Waals surface area contributed by atoms with Crippen LogP contribution in [0.3, 0.4) is 0 Å². The van der Waals surface area contributed by atoms with Gasteiger partial charge in [0.1, 0.15) is 0 Å². The number of hydrogen-bond donors (Lipinski definition) is 0. The van der Waals surface area contributed by atoms with Gasteiger partial charge in [-0.2, -0.15) is 0 Å². The lowest BCUT2D eigenvalue weighted by molar-refractivity contribution is 0.332. The average molecular weight is 835 g/mol. The summed E-state index contributed by atoms with van der Waals surface area (Å²) in [5.41, 5.74) is 23.3. The first-order valence-corrected chi connectivity index (χ1v) is 24.6. The zero-order chi connectivity index (χ0) is 43.8. The molecule has 5 aliphatic rings. The van der Waals surface area contributed by atoms with Crippen molar-refractivity contribution in [2.75, 3.05) is 9.80 Å². The Kier molecular flexibility index (Phi) is 8.30. The molecule has 0 amide bonds. The van der Waals surface area contributed by atoms with E-state index in [-0.39, 0.29) is 39.2 Å². The van der Waals surface area contributed by atoms with Crippen molar-refractivity contribution in [3.63, 3.8) is 0 Å². The van der Waals surface area contributed by atoms with E-state index in [1.807, 2.05) is 0 Å². The SMILES string of the molecule is Cc1ccc(N2c3cc(C)cc4c3B(c3cc5c(cc3N4c3ccc4c(c3)C(C)(C)CCC4(C)C)C(C)(C)CCC5(C)C)c3sc4cc5c(cc4c32)C(C)(C)CCC5(C)C)cc1. The van der Waals surface area contributed by atoms with E-state index in [0.717, 1.165) is 0 Å². The number of rotatable bonds is 2. The predicted molar refractivity (Wildman–Crippen MR) is 271 cm³/mol. The van der Waals surface area contributed by atoms with E-state index < -0.39 is 0 Å². The molecule has 3 heterocycles. The lowest BCUT2D eigenvalue weighted by Crippen LogP contribution is -2.61. The Hall–Kier alpha value is -4.28. The molecule has 318 valence electrons. The van der Waals surface area contributed by atoms with E-state index in [9.17, 15) is 0 Å². The fourth-order valence-corrected chi connectivity index (χ4v) is 14.0. The van der Waals surface area contributed by atoms with Crippen LogP contribution in [-0.4, -0.2) is 6.71 Å². The molecule has 2 aliphatic heterocycles. The highest BCUT2D eigenvalue weighted by molar-refractivity contribution is 7.33. The Labute approximate surface area is 377 Å². The molecule has 6 aromatic rings. The van der Waals surface area contributed by atoms with Gasteiger partial charge in [0.25, 0.3) is 6.71 Å². The maximum absolute atomic E-state index is 2.72. The number of fused-ring (bicyclic) bond motifs is 9. The van der Waals surface area contributed by atoms with Crippen LogP contribution in [0.15, 0.2) is 78.9 Å². The Morgan fingerprint density at radius 1 is 0.435 bits per heavy atom. The molecule has 5 aromatic carbocycles. The van der Waals surface area contributed by atoms with E-state index in [1.54, 1.807) is 11.1 Å². The van der Waals surface area contributed by atoms with Gasteiger partial charge in [-0.15, -0.1) is 11.3 Å². The van der Waals surface area contributed by atoms with Crippen molar-refractivity contribution in [3.8, 4) is 0 Å². The van der Waals surface area contributed by atoms with E-state index >= 15 is 0 Å². The van der Waals surface area contributed by atoms with Gasteiger partial charge in [0, 0.05) is 43.3 Å². The largest absolute Gasteiger partial charge is 0.311 e. The van der Waals surface area contributed by atoms with E-state index in [4.69, 9.17) is 0 Å². The summed E-state index contributed by atoms with van der Waals surface area (Å²) < 4.78 is 2.91. The highest BCUT2D eigenvalue weighted by Crippen LogP contribution is 2.55. The molecule has 0 N–H and O–H groups in total. The van der Waals surface area contributed by atoms with Crippen molar-refractivity contribution >= 4 is 78.0 Å². The third-order valence-electron chi connectivity index (χ3n) is 17.1. The number of thiophene rings is 1. The normalized spacial score (nSPS) is 21.4. The highest BCUT2D eigenvalue weighted by atomic mass is 32.1. The third kappa shape index (κ3) is 5.66. The molecule has 0 radical (unpaired) electrons. The van der Waals surface area contributed by atoms with Gasteiger partial charge in [-0.3, -0.25) is 0 Å². The van der Waals surface area contributed by atoms with Crippen LogP contribution in [0, 0.1) is 13.8 Å². The average Bonchev–Trinajstić information content (AvgIpc) is 3.58. The molecule has 0 spiro atoms. The number of aryl methyl sites for hydroxylation is 2. The van der Waals surface area contributed by atoms with Crippen molar-refractivity contribution in [1.29, 1.82) is 0 Å². The number of anilines is 6. The standard InChI is InChI=1S/C58H67BN2S/c1-34-15-17-36(18-16-34)61-48-28-35(2)27-47-50(48)59(52-51(61)38-30-41-44(33-49(38)62-52)58(13,14)26-23-55(41,7)8)45-31-42-43(57(11,12)25-24-56(42,9)10)32-46(45)60(47)37-19-20-39-40(29-37)54(5,6)22-21-53(39,3)4/h15-20,27-33H,21-26H2,1-14H3. The lowest BCUT2D eigenvalue weighted by Gasteiger charge is -2.47. The number of hydrogen-bond acceptors (Lipinski definition) is 3. The molecule has 0 unspecified atom stereocenters. The minimum absolute atomic E-state index is 0.0850. The van der Waals surface area contributed by atoms with Crippen molar-refractivity contribution < 1.29 is 0 Å². The number of benzene rings is 5. The van der Waals surface area contributed by atoms with Gasteiger partial charge >= 0.3 is 0 Å². The molecule has 11 rings (SSSR count). The summed E-state index contributed by atoms with van der Waals surface area (Å²) in [6.07, 6.45) is 7.23. The van der Waals surface area contributed by atoms with Crippen molar-refractivity contribution in [3.05, 3.63) is 123 Å². The summed E-state index contributed by atoms with van der Waals surface area (Å²) >= 11 is 2.07. The molecule has 0 atom stereocenters. The lowest BCUT2D eigenvalue weighted by atomic mass is 9.35. The highest BCUT2D eigenvalue weighted by Gasteiger charge is 2.49. The van der Waals surface area contributed by atoms with Crippen LogP contribution in [0.5, 0.6) is 0 Å². The quantitative estimate of drug-likeness (QED) is 0.160. The summed E-state index contributed by atoms with van der Waals surface area (Å²) in [7, 11) is 0. The summed E-state index contributed by atoms with van der Waals surface area (Å²) in [6, 6.07) is 32.6. The molecular formula is C58H67BN2S. The second kappa shape index (κ2) is 12.7. The van der Waals surface area contributed by atoms with Gasteiger partial charge in [0.05, 0.1) is 5.69 Å². The molecule has 4 heteroatoms. The molecule has 0 saturated carbocycles. The molecule has 0 fully saturated rings. The monoisotopic (exact) mass is 835 g/mol. The second-order valence-electron chi connectivity index (χ2n) is 24.4. The molecule has 0 bridgehead atoms. The van der Waals surface area contributed by atoms with Gasteiger partial charge < -0.3 is 9.80 Å². The summed E-state index contributed by atoms with van der Waals surface area (Å²) in [5.74, 6) is 0. The van der Waals surface area contributed by atoms with Crippen LogP contribution in [0.1, 0.15) is 166 Å². The first-order valence-electron chi connectivity index (χ1n) is 23.8. The molecule has 0 saturated heterocycles. The molecule has 1 aromatic heterocycles. The Morgan fingerprint density at radius 2 is 0.903 bits per heavy atom. The first kappa shape index (κ1) is 40.5. The zero-order valence-corrected chi connectivity index (χ0v) is 40.9. The van der Waals surface area contributed by atoms with Crippen LogP contribution in [0.2, 0.25) is 0 Å². The molecule has 62 heavy (non-hydrogen) atoms. The first-order chi connectivity index (χ1) is 29.0. The number of nitrogens with zero attached hydrogens (tertiary/aromatic N) is 2. The van der Waals surface area contributed by atoms with Gasteiger partial charge in [-0.1, -0.05) is 113 Å². The molecule has 3 aliphatic carbocycles. The maximum Gasteiger partial charge on any atom is 0.264 e. The predicted octanol–water partition coefficient (Wildman–Crippen LogP) is 14.6. The molecule has 2 nitrogen and oxygen atoms in total. The third-order valence-corrected chi connectivity index (χ3v) is 18.3. The fourth-order valence-electron chi connectivity index (χ4n) is 12.7. The molecular weight excluding hydrogens is 768 g/mol. The Balaban J connectivity index is 1.27. The van der Waals surface area contributed by atoms with E-state index in [1.165, 1.54) is 132 Å². The minimum atomic E-state index is 0.0850.